The van der Waals surface area contributed by atoms with Crippen LogP contribution in [0.25, 0.3) is 0 Å². The summed E-state index contributed by atoms with van der Waals surface area (Å²) in [4.78, 5) is 25.3. The first-order valence-electron chi connectivity index (χ1n) is 5.93. The van der Waals surface area contributed by atoms with Crippen LogP contribution in [0.2, 0.25) is 0 Å². The van der Waals surface area contributed by atoms with Gasteiger partial charge in [0.1, 0.15) is 6.04 Å². The summed E-state index contributed by atoms with van der Waals surface area (Å²) in [5, 5.41) is 2.80. The standard InChI is InChI=1S/C11H18N2O3/c14-10-4-2-1-3-9(12-10)11(15)13-5-7-16-8-6-13/h9H,1-8H2,(H,12,14). The fourth-order valence-electron chi connectivity index (χ4n) is 2.16. The van der Waals surface area contributed by atoms with Crippen molar-refractivity contribution in [3.05, 3.63) is 0 Å². The van der Waals surface area contributed by atoms with Crippen LogP contribution in [-0.2, 0) is 14.3 Å². The summed E-state index contributed by atoms with van der Waals surface area (Å²) in [6, 6.07) is -0.312. The number of morpholine rings is 1. The zero-order valence-corrected chi connectivity index (χ0v) is 9.41. The van der Waals surface area contributed by atoms with Crippen molar-refractivity contribution in [3.8, 4) is 0 Å². The van der Waals surface area contributed by atoms with Gasteiger partial charge < -0.3 is 15.0 Å². The Balaban J connectivity index is 1.93. The molecule has 0 aromatic heterocycles. The third-order valence-electron chi connectivity index (χ3n) is 3.10. The molecule has 0 aromatic carbocycles. The van der Waals surface area contributed by atoms with Crippen LogP contribution in [0.15, 0.2) is 0 Å². The molecular weight excluding hydrogens is 208 g/mol. The Hall–Kier alpha value is -1.10. The molecule has 1 atom stereocenters. The van der Waals surface area contributed by atoms with Crippen molar-refractivity contribution >= 4 is 11.8 Å². The summed E-state index contributed by atoms with van der Waals surface area (Å²) in [5.74, 6) is 0.0580. The maximum atomic E-state index is 12.1. The number of amides is 2. The van der Waals surface area contributed by atoms with Gasteiger partial charge in [0.15, 0.2) is 0 Å². The second-order valence-electron chi connectivity index (χ2n) is 4.30. The highest BCUT2D eigenvalue weighted by molar-refractivity contribution is 5.88. The van der Waals surface area contributed by atoms with Gasteiger partial charge in [-0.15, -0.1) is 0 Å². The molecule has 0 bridgehead atoms. The monoisotopic (exact) mass is 226 g/mol. The Labute approximate surface area is 95.1 Å². The second-order valence-corrected chi connectivity index (χ2v) is 4.30. The van der Waals surface area contributed by atoms with E-state index in [-0.39, 0.29) is 17.9 Å². The van der Waals surface area contributed by atoms with E-state index in [1.54, 1.807) is 4.90 Å². The van der Waals surface area contributed by atoms with Crippen molar-refractivity contribution in [1.82, 2.24) is 10.2 Å². The molecule has 0 radical (unpaired) electrons. The lowest BCUT2D eigenvalue weighted by Gasteiger charge is -2.30. The molecule has 90 valence electrons. The molecule has 0 aliphatic carbocycles. The lowest BCUT2D eigenvalue weighted by atomic mass is 10.1. The van der Waals surface area contributed by atoms with Gasteiger partial charge >= 0.3 is 0 Å². The number of carbonyl (C=O) groups excluding carboxylic acids is 2. The van der Waals surface area contributed by atoms with E-state index in [1.807, 2.05) is 0 Å². The molecule has 2 saturated heterocycles. The lowest BCUT2D eigenvalue weighted by molar-refractivity contribution is -0.139. The predicted octanol–water partition coefficient (Wildman–Crippen LogP) is -0.0960. The SMILES string of the molecule is O=C1CCCCC(C(=O)N2CCOCC2)N1. The van der Waals surface area contributed by atoms with Crippen molar-refractivity contribution in [2.75, 3.05) is 26.3 Å². The summed E-state index contributed by atoms with van der Waals surface area (Å²) in [6.07, 6.45) is 3.15. The summed E-state index contributed by atoms with van der Waals surface area (Å²) in [5.41, 5.74) is 0. The summed E-state index contributed by atoms with van der Waals surface area (Å²) < 4.78 is 5.20. The van der Waals surface area contributed by atoms with Gasteiger partial charge in [0, 0.05) is 19.5 Å². The number of carbonyl (C=O) groups is 2. The summed E-state index contributed by atoms with van der Waals surface area (Å²) >= 11 is 0. The zero-order chi connectivity index (χ0) is 11.4. The highest BCUT2D eigenvalue weighted by Gasteiger charge is 2.28. The molecule has 2 amide bonds. The molecule has 5 heteroatoms. The summed E-state index contributed by atoms with van der Waals surface area (Å²) in [7, 11) is 0. The minimum atomic E-state index is -0.312. The fraction of sp³-hybridized carbons (Fsp3) is 0.818. The van der Waals surface area contributed by atoms with Gasteiger partial charge in [-0.1, -0.05) is 6.42 Å². The first-order chi connectivity index (χ1) is 7.77. The smallest absolute Gasteiger partial charge is 0.245 e. The van der Waals surface area contributed by atoms with Crippen LogP contribution >= 0.6 is 0 Å². The maximum absolute atomic E-state index is 12.1. The average molecular weight is 226 g/mol. The van der Waals surface area contributed by atoms with E-state index in [0.717, 1.165) is 19.3 Å². The average Bonchev–Trinajstić information content (AvgIpc) is 2.54. The molecule has 2 rings (SSSR count). The highest BCUT2D eigenvalue weighted by Crippen LogP contribution is 2.12. The minimum Gasteiger partial charge on any atom is -0.378 e. The first kappa shape index (κ1) is 11.4. The molecule has 2 fully saturated rings. The molecule has 0 saturated carbocycles. The van der Waals surface area contributed by atoms with E-state index in [2.05, 4.69) is 5.32 Å². The van der Waals surface area contributed by atoms with E-state index >= 15 is 0 Å². The largest absolute Gasteiger partial charge is 0.378 e. The van der Waals surface area contributed by atoms with Crippen molar-refractivity contribution in [3.63, 3.8) is 0 Å². The third-order valence-corrected chi connectivity index (χ3v) is 3.10. The quantitative estimate of drug-likeness (QED) is 0.679. The molecule has 0 spiro atoms. The van der Waals surface area contributed by atoms with Gasteiger partial charge in [-0.3, -0.25) is 9.59 Å². The van der Waals surface area contributed by atoms with E-state index in [1.165, 1.54) is 0 Å². The lowest BCUT2D eigenvalue weighted by Crippen LogP contribution is -2.51. The van der Waals surface area contributed by atoms with Gasteiger partial charge in [-0.25, -0.2) is 0 Å². The van der Waals surface area contributed by atoms with E-state index in [4.69, 9.17) is 4.74 Å². The molecular formula is C11H18N2O3. The Morgan fingerprint density at radius 2 is 2.06 bits per heavy atom. The molecule has 5 nitrogen and oxygen atoms in total. The number of nitrogens with zero attached hydrogens (tertiary/aromatic N) is 1. The number of ether oxygens (including phenoxy) is 1. The predicted molar refractivity (Wildman–Crippen MR) is 57.8 cm³/mol. The van der Waals surface area contributed by atoms with Crippen LogP contribution in [0.1, 0.15) is 25.7 Å². The Morgan fingerprint density at radius 3 is 2.81 bits per heavy atom. The van der Waals surface area contributed by atoms with Crippen molar-refractivity contribution in [2.24, 2.45) is 0 Å². The molecule has 1 N–H and O–H groups in total. The van der Waals surface area contributed by atoms with Crippen molar-refractivity contribution in [1.29, 1.82) is 0 Å². The molecule has 0 aromatic rings. The van der Waals surface area contributed by atoms with Gasteiger partial charge in [-0.05, 0) is 12.8 Å². The molecule has 16 heavy (non-hydrogen) atoms. The van der Waals surface area contributed by atoms with Crippen LogP contribution < -0.4 is 5.32 Å². The Bertz CT molecular complexity index is 274. The normalized spacial score (nSPS) is 27.1. The number of hydrogen-bond donors (Lipinski definition) is 1. The van der Waals surface area contributed by atoms with Crippen LogP contribution in [-0.4, -0.2) is 49.1 Å². The minimum absolute atomic E-state index is 0.00381. The van der Waals surface area contributed by atoms with Crippen LogP contribution in [0.3, 0.4) is 0 Å². The molecule has 2 aliphatic rings. The first-order valence-corrected chi connectivity index (χ1v) is 5.93. The van der Waals surface area contributed by atoms with Gasteiger partial charge in [0.25, 0.3) is 0 Å². The topological polar surface area (TPSA) is 58.6 Å². The van der Waals surface area contributed by atoms with Gasteiger partial charge in [-0.2, -0.15) is 0 Å². The number of nitrogens with one attached hydrogen (secondary N) is 1. The third kappa shape index (κ3) is 2.72. The molecule has 2 aliphatic heterocycles. The van der Waals surface area contributed by atoms with Crippen molar-refractivity contribution < 1.29 is 14.3 Å². The van der Waals surface area contributed by atoms with Crippen LogP contribution in [0.4, 0.5) is 0 Å². The maximum Gasteiger partial charge on any atom is 0.245 e. The van der Waals surface area contributed by atoms with Crippen LogP contribution in [0.5, 0.6) is 0 Å². The van der Waals surface area contributed by atoms with Gasteiger partial charge in [0.2, 0.25) is 11.8 Å². The number of hydrogen-bond acceptors (Lipinski definition) is 3. The highest BCUT2D eigenvalue weighted by atomic mass is 16.5. The fourth-order valence-corrected chi connectivity index (χ4v) is 2.16. The van der Waals surface area contributed by atoms with Gasteiger partial charge in [0.05, 0.1) is 13.2 Å². The van der Waals surface area contributed by atoms with E-state index in [0.29, 0.717) is 32.7 Å². The second kappa shape index (κ2) is 5.30. The molecule has 2 heterocycles. The number of rotatable bonds is 1. The zero-order valence-electron chi connectivity index (χ0n) is 9.41. The van der Waals surface area contributed by atoms with E-state index in [9.17, 15) is 9.59 Å². The summed E-state index contributed by atoms with van der Waals surface area (Å²) in [6.45, 7) is 2.50. The van der Waals surface area contributed by atoms with Crippen LogP contribution in [0, 0.1) is 0 Å². The molecule has 1 unspecified atom stereocenters. The van der Waals surface area contributed by atoms with Crippen molar-refractivity contribution in [2.45, 2.75) is 31.7 Å². The Kier molecular flexibility index (Phi) is 3.77. The van der Waals surface area contributed by atoms with E-state index < -0.39 is 0 Å². The Morgan fingerprint density at radius 1 is 1.31 bits per heavy atom.